The summed E-state index contributed by atoms with van der Waals surface area (Å²) in [6.45, 7) is 3.86. The smallest absolute Gasteiger partial charge is 0.408 e. The van der Waals surface area contributed by atoms with Crippen LogP contribution in [-0.4, -0.2) is 23.4 Å². The molecule has 0 spiro atoms. The van der Waals surface area contributed by atoms with E-state index in [-0.39, 0.29) is 12.5 Å². The monoisotopic (exact) mass is 236 g/mol. The quantitative estimate of drug-likeness (QED) is 0.787. The lowest BCUT2D eigenvalue weighted by Crippen LogP contribution is -2.39. The summed E-state index contributed by atoms with van der Waals surface area (Å²) < 4.78 is 4.97. The minimum absolute atomic E-state index is 0.0426. The van der Waals surface area contributed by atoms with Crippen molar-refractivity contribution in [2.24, 2.45) is 5.92 Å². The molecular weight excluding hydrogens is 220 g/mol. The van der Waals surface area contributed by atoms with Crippen LogP contribution in [0.1, 0.15) is 19.4 Å². The molecule has 0 aliphatic rings. The first-order valence-electron chi connectivity index (χ1n) is 5.41. The van der Waals surface area contributed by atoms with Crippen LogP contribution < -0.4 is 5.32 Å². The molecule has 0 bridgehead atoms. The normalized spacial score (nSPS) is 11.9. The number of carbonyl (C=O) groups is 2. The molecule has 1 atom stereocenters. The van der Waals surface area contributed by atoms with Gasteiger partial charge in [-0.05, 0) is 23.6 Å². The summed E-state index contributed by atoms with van der Waals surface area (Å²) in [6.07, 6.45) is 3.36. The van der Waals surface area contributed by atoms with Gasteiger partial charge in [-0.15, -0.1) is 0 Å². The van der Waals surface area contributed by atoms with Gasteiger partial charge in [0.25, 0.3) is 0 Å². The number of amides is 1. The summed E-state index contributed by atoms with van der Waals surface area (Å²) in [5.41, 5.74) is 0.849. The van der Waals surface area contributed by atoms with E-state index in [1.807, 2.05) is 13.8 Å². The van der Waals surface area contributed by atoms with Gasteiger partial charge in [0.15, 0.2) is 0 Å². The van der Waals surface area contributed by atoms with Gasteiger partial charge in [-0.25, -0.2) is 4.79 Å². The zero-order valence-electron chi connectivity index (χ0n) is 9.92. The number of alkyl carbamates (subject to hydrolysis) is 1. The third-order valence-corrected chi connectivity index (χ3v) is 2.27. The highest BCUT2D eigenvalue weighted by atomic mass is 16.5. The molecule has 0 aliphatic carbocycles. The van der Waals surface area contributed by atoms with Crippen molar-refractivity contribution in [2.75, 3.05) is 0 Å². The molecule has 1 unspecified atom stereocenters. The van der Waals surface area contributed by atoms with Crippen LogP contribution in [0.3, 0.4) is 0 Å². The maximum Gasteiger partial charge on any atom is 0.408 e. The Kier molecular flexibility index (Phi) is 5.13. The van der Waals surface area contributed by atoms with Crippen molar-refractivity contribution >= 4 is 12.4 Å². The van der Waals surface area contributed by atoms with Gasteiger partial charge in [-0.2, -0.15) is 0 Å². The van der Waals surface area contributed by atoms with Crippen LogP contribution in [0.2, 0.25) is 0 Å². The number of hydrogen-bond donors (Lipinski definition) is 1. The molecule has 1 aromatic rings. The number of aldehydes is 1. The fraction of sp³-hybridized carbons (Fsp3) is 0.417. The van der Waals surface area contributed by atoms with Crippen molar-refractivity contribution < 1.29 is 14.3 Å². The van der Waals surface area contributed by atoms with Crippen LogP contribution in [0.5, 0.6) is 0 Å². The predicted molar refractivity (Wildman–Crippen MR) is 62.2 cm³/mol. The third-order valence-electron chi connectivity index (χ3n) is 2.27. The maximum absolute atomic E-state index is 11.4. The highest BCUT2D eigenvalue weighted by molar-refractivity contribution is 5.73. The predicted octanol–water partition coefficient (Wildman–Crippen LogP) is 1.53. The fourth-order valence-corrected chi connectivity index (χ4v) is 1.16. The highest BCUT2D eigenvalue weighted by Crippen LogP contribution is 2.01. The van der Waals surface area contributed by atoms with Crippen LogP contribution in [0.15, 0.2) is 24.5 Å². The molecule has 17 heavy (non-hydrogen) atoms. The topological polar surface area (TPSA) is 68.3 Å². The molecule has 0 saturated heterocycles. The Labute approximate surface area is 100 Å². The number of hydrogen-bond acceptors (Lipinski definition) is 4. The average molecular weight is 236 g/mol. The van der Waals surface area contributed by atoms with Gasteiger partial charge in [0.1, 0.15) is 12.9 Å². The Balaban J connectivity index is 2.37. The number of aromatic nitrogens is 1. The second-order valence-corrected chi connectivity index (χ2v) is 3.98. The largest absolute Gasteiger partial charge is 0.445 e. The molecular formula is C12H16N2O3. The molecule has 92 valence electrons. The van der Waals surface area contributed by atoms with E-state index in [0.717, 1.165) is 5.56 Å². The van der Waals surface area contributed by atoms with Gasteiger partial charge < -0.3 is 14.8 Å². The van der Waals surface area contributed by atoms with Crippen molar-refractivity contribution in [3.8, 4) is 0 Å². The summed E-state index contributed by atoms with van der Waals surface area (Å²) in [6, 6.07) is 3.00. The van der Waals surface area contributed by atoms with Gasteiger partial charge in [0.2, 0.25) is 0 Å². The summed E-state index contributed by atoms with van der Waals surface area (Å²) in [4.78, 5) is 25.9. The number of pyridine rings is 1. The van der Waals surface area contributed by atoms with E-state index in [1.165, 1.54) is 0 Å². The van der Waals surface area contributed by atoms with Gasteiger partial charge >= 0.3 is 6.09 Å². The van der Waals surface area contributed by atoms with Crippen LogP contribution in [0.4, 0.5) is 4.79 Å². The standard InChI is InChI=1S/C12H16N2O3/c1-9(2)11(7-15)14-12(16)17-8-10-3-5-13-6-4-10/h3-7,9,11H,8H2,1-2H3,(H,14,16). The molecule has 0 aliphatic heterocycles. The molecule has 1 amide bonds. The van der Waals surface area contributed by atoms with Crippen molar-refractivity contribution in [1.29, 1.82) is 0 Å². The summed E-state index contributed by atoms with van der Waals surface area (Å²) >= 11 is 0. The minimum Gasteiger partial charge on any atom is -0.445 e. The highest BCUT2D eigenvalue weighted by Gasteiger charge is 2.15. The van der Waals surface area contributed by atoms with Crippen LogP contribution in [0, 0.1) is 5.92 Å². The Morgan fingerprint density at radius 1 is 1.47 bits per heavy atom. The van der Waals surface area contributed by atoms with E-state index >= 15 is 0 Å². The number of nitrogens with one attached hydrogen (secondary N) is 1. The maximum atomic E-state index is 11.4. The Bertz CT molecular complexity index is 365. The molecule has 1 N–H and O–H groups in total. The first-order chi connectivity index (χ1) is 8.13. The molecule has 0 radical (unpaired) electrons. The summed E-state index contributed by atoms with van der Waals surface area (Å²) in [7, 11) is 0. The molecule has 0 aromatic carbocycles. The number of ether oxygens (including phenoxy) is 1. The van der Waals surface area contributed by atoms with E-state index in [0.29, 0.717) is 6.29 Å². The average Bonchev–Trinajstić information content (AvgIpc) is 2.34. The van der Waals surface area contributed by atoms with Crippen LogP contribution in [-0.2, 0) is 16.1 Å². The van der Waals surface area contributed by atoms with E-state index in [1.54, 1.807) is 24.5 Å². The van der Waals surface area contributed by atoms with Crippen molar-refractivity contribution in [3.05, 3.63) is 30.1 Å². The first-order valence-corrected chi connectivity index (χ1v) is 5.41. The zero-order chi connectivity index (χ0) is 12.7. The van der Waals surface area contributed by atoms with Crippen LogP contribution in [0.25, 0.3) is 0 Å². The van der Waals surface area contributed by atoms with E-state index in [4.69, 9.17) is 4.74 Å². The van der Waals surface area contributed by atoms with E-state index in [2.05, 4.69) is 10.3 Å². The lowest BCUT2D eigenvalue weighted by molar-refractivity contribution is -0.110. The van der Waals surface area contributed by atoms with E-state index < -0.39 is 12.1 Å². The molecule has 5 nitrogen and oxygen atoms in total. The van der Waals surface area contributed by atoms with Gasteiger partial charge in [-0.3, -0.25) is 4.98 Å². The Morgan fingerprint density at radius 2 is 2.12 bits per heavy atom. The molecule has 0 saturated carbocycles. The zero-order valence-corrected chi connectivity index (χ0v) is 9.92. The van der Waals surface area contributed by atoms with Crippen molar-refractivity contribution in [3.63, 3.8) is 0 Å². The van der Waals surface area contributed by atoms with Gasteiger partial charge in [0.05, 0.1) is 6.04 Å². The lowest BCUT2D eigenvalue weighted by Gasteiger charge is -2.15. The van der Waals surface area contributed by atoms with Gasteiger partial charge in [0, 0.05) is 12.4 Å². The molecule has 0 fully saturated rings. The number of nitrogens with zero attached hydrogens (tertiary/aromatic N) is 1. The molecule has 5 heteroatoms. The first kappa shape index (κ1) is 13.2. The number of rotatable bonds is 5. The second-order valence-electron chi connectivity index (χ2n) is 3.98. The minimum atomic E-state index is -0.590. The van der Waals surface area contributed by atoms with Crippen LogP contribution >= 0.6 is 0 Å². The Morgan fingerprint density at radius 3 is 2.65 bits per heavy atom. The van der Waals surface area contributed by atoms with Gasteiger partial charge in [-0.1, -0.05) is 13.8 Å². The van der Waals surface area contributed by atoms with E-state index in [9.17, 15) is 9.59 Å². The third kappa shape index (κ3) is 4.63. The Hall–Kier alpha value is -1.91. The van der Waals surface area contributed by atoms with Crippen molar-refractivity contribution in [2.45, 2.75) is 26.5 Å². The molecule has 1 heterocycles. The molecule has 1 aromatic heterocycles. The summed E-state index contributed by atoms with van der Waals surface area (Å²) in [5, 5.41) is 2.49. The second kappa shape index (κ2) is 6.62. The molecule has 1 rings (SSSR count). The summed E-state index contributed by atoms with van der Waals surface area (Å²) in [5.74, 6) is 0.0426. The number of carbonyl (C=O) groups excluding carboxylic acids is 2. The fourth-order valence-electron chi connectivity index (χ4n) is 1.16. The lowest BCUT2D eigenvalue weighted by atomic mass is 10.1. The van der Waals surface area contributed by atoms with Crippen molar-refractivity contribution in [1.82, 2.24) is 10.3 Å². The SMILES string of the molecule is CC(C)C(C=O)NC(=O)OCc1ccncc1.